The van der Waals surface area contributed by atoms with Crippen LogP contribution in [0, 0.1) is 40.4 Å². The first-order valence-corrected chi connectivity index (χ1v) is 13.5. The van der Waals surface area contributed by atoms with E-state index in [1.807, 2.05) is 0 Å². The molecule has 34 heavy (non-hydrogen) atoms. The number of aliphatic hydroxyl groups excluding tert-OH is 5. The normalized spacial score (nSPS) is 53.4. The third-order valence-corrected chi connectivity index (χ3v) is 11.2. The highest BCUT2D eigenvalue weighted by Crippen LogP contribution is 2.69. The molecule has 198 valence electrons. The second kappa shape index (κ2) is 8.93. The first kappa shape index (κ1) is 26.8. The molecule has 0 spiro atoms. The third-order valence-electron chi connectivity index (χ3n) is 11.2. The van der Waals surface area contributed by atoms with Crippen LogP contribution >= 0.6 is 0 Å². The van der Waals surface area contributed by atoms with Crippen LogP contribution in [-0.2, 0) is 0 Å². The van der Waals surface area contributed by atoms with Crippen LogP contribution in [0.25, 0.3) is 0 Å². The topological polar surface area (TPSA) is 142 Å². The van der Waals surface area contributed by atoms with Gasteiger partial charge in [-0.25, -0.2) is 0 Å². The highest BCUT2D eigenvalue weighted by atomic mass is 16.3. The molecule has 0 saturated heterocycles. The van der Waals surface area contributed by atoms with Crippen molar-refractivity contribution < 1.29 is 35.7 Å². The number of aliphatic hydroxyl groups is 7. The monoisotopic (exact) mass is 484 g/mol. The lowest BCUT2D eigenvalue weighted by Gasteiger charge is -2.65. The molecular formula is C27H48O7. The fourth-order valence-corrected chi connectivity index (χ4v) is 9.58. The molecule has 0 aromatic carbocycles. The summed E-state index contributed by atoms with van der Waals surface area (Å²) in [5.41, 5.74) is -3.17. The SMILES string of the molecule is CC(CCCC(C)(O)CO)C1C(O)C(O)C2C1(C)CCC1C3(C)CCC(O)CC3C(O)CC12O. The van der Waals surface area contributed by atoms with Crippen molar-refractivity contribution in [2.24, 2.45) is 40.4 Å². The third kappa shape index (κ3) is 3.98. The van der Waals surface area contributed by atoms with Crippen molar-refractivity contribution in [2.45, 2.75) is 121 Å². The summed E-state index contributed by atoms with van der Waals surface area (Å²) in [6.45, 7) is 7.65. The fraction of sp³-hybridized carbons (Fsp3) is 1.00. The lowest BCUT2D eigenvalue weighted by molar-refractivity contribution is -0.264. The van der Waals surface area contributed by atoms with Crippen molar-refractivity contribution in [1.29, 1.82) is 0 Å². The van der Waals surface area contributed by atoms with Crippen LogP contribution in [0.1, 0.15) is 85.5 Å². The average Bonchev–Trinajstić information content (AvgIpc) is 2.95. The minimum absolute atomic E-state index is 0.0657. The Morgan fingerprint density at radius 1 is 1.00 bits per heavy atom. The molecule has 0 aromatic heterocycles. The molecule has 13 unspecified atom stereocenters. The van der Waals surface area contributed by atoms with Crippen LogP contribution in [0.4, 0.5) is 0 Å². The van der Waals surface area contributed by atoms with E-state index in [0.29, 0.717) is 25.7 Å². The highest BCUT2D eigenvalue weighted by Gasteiger charge is 2.72. The molecule has 7 heteroatoms. The Bertz CT molecular complexity index is 744. The summed E-state index contributed by atoms with van der Waals surface area (Å²) in [6, 6.07) is 0. The Hall–Kier alpha value is -0.280. The van der Waals surface area contributed by atoms with Gasteiger partial charge in [0.1, 0.15) is 0 Å². The van der Waals surface area contributed by atoms with Gasteiger partial charge in [-0.05, 0) is 80.0 Å². The second-order valence-corrected chi connectivity index (χ2v) is 13.4. The summed E-state index contributed by atoms with van der Waals surface area (Å²) in [6.07, 6.45) is 2.43. The van der Waals surface area contributed by atoms with Crippen LogP contribution < -0.4 is 0 Å². The molecule has 7 N–H and O–H groups in total. The lowest BCUT2D eigenvalue weighted by atomic mass is 9.42. The maximum atomic E-state index is 12.3. The Balaban J connectivity index is 1.60. The van der Waals surface area contributed by atoms with E-state index >= 15 is 0 Å². The van der Waals surface area contributed by atoms with Crippen molar-refractivity contribution in [3.8, 4) is 0 Å². The first-order chi connectivity index (χ1) is 15.7. The lowest BCUT2D eigenvalue weighted by Crippen LogP contribution is -2.68. The van der Waals surface area contributed by atoms with Gasteiger partial charge in [0.2, 0.25) is 0 Å². The van der Waals surface area contributed by atoms with Gasteiger partial charge in [0.15, 0.2) is 0 Å². The minimum atomic E-state index is -1.27. The van der Waals surface area contributed by atoms with Crippen LogP contribution in [0.5, 0.6) is 0 Å². The molecule has 7 nitrogen and oxygen atoms in total. The number of rotatable bonds is 6. The van der Waals surface area contributed by atoms with Gasteiger partial charge in [0, 0.05) is 12.3 Å². The summed E-state index contributed by atoms with van der Waals surface area (Å²) in [7, 11) is 0. The molecule has 0 aliphatic heterocycles. The van der Waals surface area contributed by atoms with Crippen LogP contribution in [-0.4, -0.2) is 78.0 Å². The van der Waals surface area contributed by atoms with Gasteiger partial charge >= 0.3 is 0 Å². The van der Waals surface area contributed by atoms with E-state index in [2.05, 4.69) is 20.8 Å². The van der Waals surface area contributed by atoms with Gasteiger partial charge in [0.25, 0.3) is 0 Å². The van der Waals surface area contributed by atoms with Crippen molar-refractivity contribution in [3.63, 3.8) is 0 Å². The van der Waals surface area contributed by atoms with E-state index in [1.165, 1.54) is 0 Å². The fourth-order valence-electron chi connectivity index (χ4n) is 9.58. The Morgan fingerprint density at radius 2 is 1.65 bits per heavy atom. The summed E-state index contributed by atoms with van der Waals surface area (Å²) in [5, 5.41) is 75.9. The summed E-state index contributed by atoms with van der Waals surface area (Å²) in [4.78, 5) is 0. The van der Waals surface area contributed by atoms with Crippen molar-refractivity contribution in [1.82, 2.24) is 0 Å². The zero-order valence-electron chi connectivity index (χ0n) is 21.4. The number of hydrogen-bond donors (Lipinski definition) is 7. The molecule has 0 heterocycles. The van der Waals surface area contributed by atoms with Gasteiger partial charge < -0.3 is 35.7 Å². The van der Waals surface area contributed by atoms with E-state index in [4.69, 9.17) is 0 Å². The van der Waals surface area contributed by atoms with Gasteiger partial charge in [-0.3, -0.25) is 0 Å². The Kier molecular flexibility index (Phi) is 7.03. The van der Waals surface area contributed by atoms with Crippen molar-refractivity contribution in [3.05, 3.63) is 0 Å². The van der Waals surface area contributed by atoms with Crippen LogP contribution in [0.15, 0.2) is 0 Å². The first-order valence-electron chi connectivity index (χ1n) is 13.5. The molecule has 0 radical (unpaired) electrons. The summed E-state index contributed by atoms with van der Waals surface area (Å²) < 4.78 is 0. The van der Waals surface area contributed by atoms with E-state index in [-0.39, 0.29) is 42.1 Å². The molecule has 0 bridgehead atoms. The average molecular weight is 485 g/mol. The number of fused-ring (bicyclic) bond motifs is 5. The molecule has 4 aliphatic carbocycles. The highest BCUT2D eigenvalue weighted by molar-refractivity contribution is 5.21. The molecule has 4 fully saturated rings. The zero-order chi connectivity index (χ0) is 25.3. The molecule has 0 amide bonds. The Morgan fingerprint density at radius 3 is 2.29 bits per heavy atom. The smallest absolute Gasteiger partial charge is 0.0863 e. The van der Waals surface area contributed by atoms with E-state index in [9.17, 15) is 35.7 Å². The van der Waals surface area contributed by atoms with Crippen molar-refractivity contribution >= 4 is 0 Å². The van der Waals surface area contributed by atoms with E-state index in [1.54, 1.807) is 6.92 Å². The molecular weight excluding hydrogens is 436 g/mol. The zero-order valence-corrected chi connectivity index (χ0v) is 21.4. The van der Waals surface area contributed by atoms with Gasteiger partial charge in [-0.1, -0.05) is 33.6 Å². The summed E-state index contributed by atoms with van der Waals surface area (Å²) >= 11 is 0. The molecule has 4 saturated carbocycles. The molecule has 4 rings (SSSR count). The van der Waals surface area contributed by atoms with E-state index < -0.39 is 47.0 Å². The minimum Gasteiger partial charge on any atom is -0.393 e. The molecule has 4 aliphatic rings. The van der Waals surface area contributed by atoms with Crippen molar-refractivity contribution in [2.75, 3.05) is 6.61 Å². The van der Waals surface area contributed by atoms with Gasteiger partial charge in [0.05, 0.1) is 42.2 Å². The second-order valence-electron chi connectivity index (χ2n) is 13.4. The van der Waals surface area contributed by atoms with E-state index in [0.717, 1.165) is 25.7 Å². The number of hydrogen-bond acceptors (Lipinski definition) is 7. The summed E-state index contributed by atoms with van der Waals surface area (Å²) in [5.74, 6) is -0.817. The molecule has 0 aromatic rings. The predicted molar refractivity (Wildman–Crippen MR) is 128 cm³/mol. The Labute approximate surface area is 204 Å². The largest absolute Gasteiger partial charge is 0.393 e. The quantitative estimate of drug-likeness (QED) is 0.303. The van der Waals surface area contributed by atoms with Gasteiger partial charge in [-0.15, -0.1) is 0 Å². The van der Waals surface area contributed by atoms with Crippen LogP contribution in [0.3, 0.4) is 0 Å². The van der Waals surface area contributed by atoms with Crippen LogP contribution in [0.2, 0.25) is 0 Å². The predicted octanol–water partition coefficient (Wildman–Crippen LogP) is 1.58. The standard InChI is InChI=1S/C27H48O7/c1-15(6-5-9-24(2,33)14-28)20-21(31)22(32)23-26(20,4)11-8-19-25(3)10-7-16(29)12-17(25)18(30)13-27(19,23)34/h15-23,28-34H,5-14H2,1-4H3. The van der Waals surface area contributed by atoms with Gasteiger partial charge in [-0.2, -0.15) is 0 Å². The maximum absolute atomic E-state index is 12.3. The molecule has 13 atom stereocenters. The maximum Gasteiger partial charge on any atom is 0.0863 e.